The van der Waals surface area contributed by atoms with Crippen LogP contribution in [0, 0.1) is 0 Å². The zero-order valence-corrected chi connectivity index (χ0v) is 12.6. The Balaban J connectivity index is 1.81. The lowest BCUT2D eigenvalue weighted by Gasteiger charge is -2.23. The third-order valence-corrected chi connectivity index (χ3v) is 4.41. The number of hydrogen-bond donors (Lipinski definition) is 2. The number of ether oxygens (including phenoxy) is 1. The summed E-state index contributed by atoms with van der Waals surface area (Å²) in [6.45, 7) is 1.39. The molecule has 116 valence electrons. The maximum Gasteiger partial charge on any atom is 0.238 e. The Morgan fingerprint density at radius 2 is 1.86 bits per heavy atom. The lowest BCUT2D eigenvalue weighted by Crippen LogP contribution is -2.38. The summed E-state index contributed by atoms with van der Waals surface area (Å²) in [6, 6.07) is 6.49. The molecule has 1 heterocycles. The minimum Gasteiger partial charge on any atom is -0.381 e. The molecule has 2 rings (SSSR count). The van der Waals surface area contributed by atoms with Gasteiger partial charge in [0.25, 0.3) is 0 Å². The molecule has 1 aromatic rings. The summed E-state index contributed by atoms with van der Waals surface area (Å²) in [7, 11) is -3.66. The van der Waals surface area contributed by atoms with Crippen molar-refractivity contribution in [1.29, 1.82) is 0 Å². The van der Waals surface area contributed by atoms with Crippen molar-refractivity contribution < 1.29 is 17.9 Å². The minimum atomic E-state index is -3.66. The molecule has 0 aromatic heterocycles. The van der Waals surface area contributed by atoms with Crippen LogP contribution in [0.2, 0.25) is 0 Å². The van der Waals surface area contributed by atoms with Crippen LogP contribution >= 0.6 is 0 Å². The van der Waals surface area contributed by atoms with Gasteiger partial charge in [-0.25, -0.2) is 13.6 Å². The molecule has 0 bridgehead atoms. The van der Waals surface area contributed by atoms with Gasteiger partial charge in [0, 0.05) is 25.7 Å². The molecule has 1 aromatic carbocycles. The highest BCUT2D eigenvalue weighted by atomic mass is 32.2. The predicted molar refractivity (Wildman–Crippen MR) is 78.1 cm³/mol. The molecular formula is C14H20N2O4S. The number of nitrogens with one attached hydrogen (secondary N) is 1. The largest absolute Gasteiger partial charge is 0.381 e. The van der Waals surface area contributed by atoms with E-state index in [-0.39, 0.29) is 16.8 Å². The van der Waals surface area contributed by atoms with Gasteiger partial charge in [0.05, 0.1) is 4.90 Å². The fourth-order valence-corrected chi connectivity index (χ4v) is 2.76. The second kappa shape index (κ2) is 7.02. The van der Waals surface area contributed by atoms with E-state index < -0.39 is 10.0 Å². The van der Waals surface area contributed by atoms with E-state index in [1.165, 1.54) is 12.1 Å². The molecule has 0 saturated carbocycles. The van der Waals surface area contributed by atoms with Gasteiger partial charge in [-0.3, -0.25) is 4.79 Å². The number of carbonyl (C=O) groups excluding carboxylic acids is 1. The number of sulfonamides is 1. The molecule has 7 heteroatoms. The maximum absolute atomic E-state index is 11.8. The molecule has 0 aliphatic carbocycles. The van der Waals surface area contributed by atoms with Crippen LogP contribution in [0.5, 0.6) is 0 Å². The first-order valence-electron chi connectivity index (χ1n) is 6.94. The average Bonchev–Trinajstić information content (AvgIpc) is 2.46. The van der Waals surface area contributed by atoms with E-state index in [2.05, 4.69) is 5.32 Å². The van der Waals surface area contributed by atoms with Crippen molar-refractivity contribution in [2.24, 2.45) is 5.14 Å². The van der Waals surface area contributed by atoms with Crippen LogP contribution < -0.4 is 10.5 Å². The van der Waals surface area contributed by atoms with Crippen molar-refractivity contribution in [2.45, 2.75) is 36.6 Å². The number of amides is 1. The Morgan fingerprint density at radius 1 is 1.24 bits per heavy atom. The van der Waals surface area contributed by atoms with Crippen molar-refractivity contribution >= 4 is 15.9 Å². The summed E-state index contributed by atoms with van der Waals surface area (Å²) in [6.07, 6.45) is 2.66. The van der Waals surface area contributed by atoms with Gasteiger partial charge in [0.2, 0.25) is 15.9 Å². The van der Waals surface area contributed by atoms with Gasteiger partial charge in [-0.2, -0.15) is 0 Å². The van der Waals surface area contributed by atoms with E-state index in [1.807, 2.05) is 0 Å². The normalized spacial score (nSPS) is 16.6. The Morgan fingerprint density at radius 3 is 2.43 bits per heavy atom. The van der Waals surface area contributed by atoms with Gasteiger partial charge in [-0.05, 0) is 37.0 Å². The molecule has 1 amide bonds. The van der Waals surface area contributed by atoms with Gasteiger partial charge in [-0.1, -0.05) is 12.1 Å². The first kappa shape index (κ1) is 15.9. The fourth-order valence-electron chi connectivity index (χ4n) is 2.25. The monoisotopic (exact) mass is 312 g/mol. The quantitative estimate of drug-likeness (QED) is 0.830. The summed E-state index contributed by atoms with van der Waals surface area (Å²) >= 11 is 0. The molecule has 1 fully saturated rings. The van der Waals surface area contributed by atoms with Crippen LogP contribution in [-0.2, 0) is 26.0 Å². The summed E-state index contributed by atoms with van der Waals surface area (Å²) in [5.74, 6) is 0.0115. The summed E-state index contributed by atoms with van der Waals surface area (Å²) in [5, 5.41) is 8.02. The first-order chi connectivity index (χ1) is 9.95. The van der Waals surface area contributed by atoms with Gasteiger partial charge >= 0.3 is 0 Å². The number of nitrogens with two attached hydrogens (primary N) is 1. The number of aryl methyl sites for hydroxylation is 1. The summed E-state index contributed by atoms with van der Waals surface area (Å²) < 4.78 is 27.5. The van der Waals surface area contributed by atoms with Crippen LogP contribution in [0.15, 0.2) is 29.2 Å². The van der Waals surface area contributed by atoms with Crippen LogP contribution in [0.4, 0.5) is 0 Å². The molecular weight excluding hydrogens is 292 g/mol. The van der Waals surface area contributed by atoms with E-state index in [9.17, 15) is 13.2 Å². The average molecular weight is 312 g/mol. The number of benzene rings is 1. The standard InChI is InChI=1S/C14H20N2O4S/c15-21(18,19)13-4-1-11(2-5-13)3-6-14(17)16-12-7-9-20-10-8-12/h1-2,4-5,12H,3,6-10H2,(H,16,17)(H2,15,18,19). The van der Waals surface area contributed by atoms with Gasteiger partial charge in [0.15, 0.2) is 0 Å². The molecule has 1 aliphatic heterocycles. The minimum absolute atomic E-state index is 0.0115. The molecule has 0 atom stereocenters. The Labute approximate surface area is 124 Å². The number of carbonyl (C=O) groups is 1. The molecule has 1 aliphatic rings. The van der Waals surface area contributed by atoms with Crippen molar-refractivity contribution in [3.05, 3.63) is 29.8 Å². The van der Waals surface area contributed by atoms with Gasteiger partial charge < -0.3 is 10.1 Å². The third-order valence-electron chi connectivity index (χ3n) is 3.48. The van der Waals surface area contributed by atoms with Crippen molar-refractivity contribution in [3.63, 3.8) is 0 Å². The highest BCUT2D eigenvalue weighted by Crippen LogP contribution is 2.11. The zero-order chi connectivity index (χ0) is 15.3. The SMILES string of the molecule is NS(=O)(=O)c1ccc(CCC(=O)NC2CCOCC2)cc1. The third kappa shape index (κ3) is 5.11. The Hall–Kier alpha value is -1.44. The van der Waals surface area contributed by atoms with Crippen molar-refractivity contribution in [2.75, 3.05) is 13.2 Å². The fraction of sp³-hybridized carbons (Fsp3) is 0.500. The molecule has 0 spiro atoms. The zero-order valence-electron chi connectivity index (χ0n) is 11.7. The number of hydrogen-bond acceptors (Lipinski definition) is 4. The highest BCUT2D eigenvalue weighted by molar-refractivity contribution is 7.89. The molecule has 6 nitrogen and oxygen atoms in total. The smallest absolute Gasteiger partial charge is 0.238 e. The van der Waals surface area contributed by atoms with Crippen molar-refractivity contribution in [1.82, 2.24) is 5.32 Å². The van der Waals surface area contributed by atoms with E-state index in [0.717, 1.165) is 18.4 Å². The molecule has 0 radical (unpaired) electrons. The molecule has 3 N–H and O–H groups in total. The predicted octanol–water partition coefficient (Wildman–Crippen LogP) is 0.562. The highest BCUT2D eigenvalue weighted by Gasteiger charge is 2.15. The molecule has 0 unspecified atom stereocenters. The van der Waals surface area contributed by atoms with E-state index in [1.54, 1.807) is 12.1 Å². The lowest BCUT2D eigenvalue weighted by molar-refractivity contribution is -0.122. The van der Waals surface area contributed by atoms with E-state index >= 15 is 0 Å². The summed E-state index contributed by atoms with van der Waals surface area (Å²) in [5.41, 5.74) is 0.907. The lowest BCUT2D eigenvalue weighted by atomic mass is 10.1. The Bertz CT molecular complexity index is 577. The van der Waals surface area contributed by atoms with Crippen LogP contribution in [0.25, 0.3) is 0 Å². The maximum atomic E-state index is 11.8. The first-order valence-corrected chi connectivity index (χ1v) is 8.48. The molecule has 21 heavy (non-hydrogen) atoms. The van der Waals surface area contributed by atoms with Crippen molar-refractivity contribution in [3.8, 4) is 0 Å². The topological polar surface area (TPSA) is 98.5 Å². The van der Waals surface area contributed by atoms with Gasteiger partial charge in [-0.15, -0.1) is 0 Å². The number of primary sulfonamides is 1. The van der Waals surface area contributed by atoms with Crippen LogP contribution in [-0.4, -0.2) is 33.6 Å². The van der Waals surface area contributed by atoms with Crippen LogP contribution in [0.1, 0.15) is 24.8 Å². The number of rotatable bonds is 5. The van der Waals surface area contributed by atoms with Gasteiger partial charge in [0.1, 0.15) is 0 Å². The molecule has 1 saturated heterocycles. The van der Waals surface area contributed by atoms with E-state index in [4.69, 9.17) is 9.88 Å². The Kier molecular flexibility index (Phi) is 5.33. The summed E-state index contributed by atoms with van der Waals surface area (Å²) in [4.78, 5) is 11.9. The second-order valence-corrected chi connectivity index (χ2v) is 6.70. The second-order valence-electron chi connectivity index (χ2n) is 5.14. The van der Waals surface area contributed by atoms with Crippen LogP contribution in [0.3, 0.4) is 0 Å². The van der Waals surface area contributed by atoms with E-state index in [0.29, 0.717) is 26.1 Å².